The summed E-state index contributed by atoms with van der Waals surface area (Å²) < 4.78 is 5.13. The molecule has 3 nitrogen and oxygen atoms in total. The van der Waals surface area contributed by atoms with E-state index in [0.29, 0.717) is 12.3 Å². The van der Waals surface area contributed by atoms with E-state index in [1.807, 2.05) is 11.3 Å². The van der Waals surface area contributed by atoms with Gasteiger partial charge in [-0.15, -0.1) is 11.3 Å². The average Bonchev–Trinajstić information content (AvgIpc) is 3.00. The second-order valence-corrected chi connectivity index (χ2v) is 5.14. The van der Waals surface area contributed by atoms with Gasteiger partial charge in [0.25, 0.3) is 0 Å². The van der Waals surface area contributed by atoms with Crippen molar-refractivity contribution in [1.29, 1.82) is 0 Å². The van der Waals surface area contributed by atoms with E-state index < -0.39 is 6.10 Å². The van der Waals surface area contributed by atoms with Crippen LogP contribution in [0.2, 0.25) is 0 Å². The van der Waals surface area contributed by atoms with Gasteiger partial charge in [-0.05, 0) is 30.7 Å². The summed E-state index contributed by atoms with van der Waals surface area (Å²) in [5.74, 6) is 0.609. The molecule has 0 aliphatic carbocycles. The monoisotopic (exact) mass is 251 g/mol. The van der Waals surface area contributed by atoms with Gasteiger partial charge in [0, 0.05) is 22.8 Å². The van der Waals surface area contributed by atoms with Gasteiger partial charge in [0.1, 0.15) is 11.9 Å². The third kappa shape index (κ3) is 3.43. The van der Waals surface area contributed by atoms with Crippen molar-refractivity contribution in [3.8, 4) is 0 Å². The number of aliphatic hydroxyl groups is 1. The molecule has 0 amide bonds. The average molecular weight is 251 g/mol. The molecule has 0 radical (unpaired) electrons. The predicted octanol–water partition coefficient (Wildman–Crippen LogP) is 2.73. The van der Waals surface area contributed by atoms with Crippen LogP contribution in [0.1, 0.15) is 28.5 Å². The van der Waals surface area contributed by atoms with Crippen molar-refractivity contribution in [2.75, 3.05) is 6.54 Å². The summed E-state index contributed by atoms with van der Waals surface area (Å²) in [4.78, 5) is 2.70. The molecule has 0 saturated carbocycles. The van der Waals surface area contributed by atoms with E-state index in [9.17, 15) is 5.11 Å². The van der Waals surface area contributed by atoms with E-state index in [4.69, 9.17) is 4.42 Å². The normalized spacial score (nSPS) is 12.8. The van der Waals surface area contributed by atoms with Crippen LogP contribution in [0.3, 0.4) is 0 Å². The standard InChI is InChI=1S/C13H17NO2S/c1-2-10-5-6-11(17-10)8-14-9-12(15)13-4-3-7-16-13/h3-7,12,14-15H,2,8-9H2,1H3. The summed E-state index contributed by atoms with van der Waals surface area (Å²) in [5.41, 5.74) is 0. The lowest BCUT2D eigenvalue weighted by Gasteiger charge is -2.08. The zero-order chi connectivity index (χ0) is 12.1. The highest BCUT2D eigenvalue weighted by Gasteiger charge is 2.09. The molecule has 0 saturated heterocycles. The molecule has 2 heterocycles. The molecule has 1 unspecified atom stereocenters. The maximum absolute atomic E-state index is 9.79. The molecule has 2 aromatic rings. The number of aliphatic hydroxyl groups excluding tert-OH is 1. The van der Waals surface area contributed by atoms with E-state index in [0.717, 1.165) is 13.0 Å². The van der Waals surface area contributed by atoms with E-state index in [-0.39, 0.29) is 0 Å². The Hall–Kier alpha value is -1.10. The highest BCUT2D eigenvalue weighted by atomic mass is 32.1. The first-order valence-electron chi connectivity index (χ1n) is 5.79. The van der Waals surface area contributed by atoms with Crippen molar-refractivity contribution in [3.63, 3.8) is 0 Å². The van der Waals surface area contributed by atoms with E-state index >= 15 is 0 Å². The van der Waals surface area contributed by atoms with Crippen LogP contribution in [0.15, 0.2) is 34.9 Å². The largest absolute Gasteiger partial charge is 0.467 e. The Bertz CT molecular complexity index is 436. The summed E-state index contributed by atoms with van der Waals surface area (Å²) in [6, 6.07) is 7.86. The molecule has 0 aromatic carbocycles. The van der Waals surface area contributed by atoms with Crippen LogP contribution in [0, 0.1) is 0 Å². The summed E-state index contributed by atoms with van der Waals surface area (Å²) in [6.07, 6.45) is 2.08. The van der Waals surface area contributed by atoms with Crippen LogP contribution < -0.4 is 5.32 Å². The molecule has 4 heteroatoms. The smallest absolute Gasteiger partial charge is 0.133 e. The molecule has 0 spiro atoms. The van der Waals surface area contributed by atoms with Gasteiger partial charge < -0.3 is 14.8 Å². The zero-order valence-corrected chi connectivity index (χ0v) is 10.7. The molecule has 92 valence electrons. The van der Waals surface area contributed by atoms with E-state index in [1.54, 1.807) is 18.4 Å². The molecule has 0 aliphatic heterocycles. The molecular weight excluding hydrogens is 234 g/mol. The van der Waals surface area contributed by atoms with Crippen LogP contribution in [0.25, 0.3) is 0 Å². The van der Waals surface area contributed by atoms with Crippen LogP contribution >= 0.6 is 11.3 Å². The van der Waals surface area contributed by atoms with Crippen molar-refractivity contribution < 1.29 is 9.52 Å². The fraction of sp³-hybridized carbons (Fsp3) is 0.385. The quantitative estimate of drug-likeness (QED) is 0.829. The van der Waals surface area contributed by atoms with Gasteiger partial charge in [-0.1, -0.05) is 6.92 Å². The lowest BCUT2D eigenvalue weighted by atomic mass is 10.2. The second-order valence-electron chi connectivity index (χ2n) is 3.88. The van der Waals surface area contributed by atoms with Gasteiger partial charge in [-0.2, -0.15) is 0 Å². The Kier molecular flexibility index (Phi) is 4.36. The lowest BCUT2D eigenvalue weighted by Crippen LogP contribution is -2.20. The molecule has 2 N–H and O–H groups in total. The first kappa shape index (κ1) is 12.4. The zero-order valence-electron chi connectivity index (χ0n) is 9.85. The number of furan rings is 1. The molecule has 0 bridgehead atoms. The summed E-state index contributed by atoms with van der Waals surface area (Å²) in [5, 5.41) is 13.0. The van der Waals surface area contributed by atoms with Crippen LogP contribution in [0.5, 0.6) is 0 Å². The first-order chi connectivity index (χ1) is 8.29. The van der Waals surface area contributed by atoms with Gasteiger partial charge >= 0.3 is 0 Å². The summed E-state index contributed by atoms with van der Waals surface area (Å²) in [6.45, 7) is 3.46. The number of nitrogens with one attached hydrogen (secondary N) is 1. The SMILES string of the molecule is CCc1ccc(CNCC(O)c2ccco2)s1. The summed E-state index contributed by atoms with van der Waals surface area (Å²) >= 11 is 1.81. The Morgan fingerprint density at radius 1 is 1.35 bits per heavy atom. The number of hydrogen-bond acceptors (Lipinski definition) is 4. The van der Waals surface area contributed by atoms with Crippen LogP contribution in [-0.4, -0.2) is 11.7 Å². The van der Waals surface area contributed by atoms with Crippen molar-refractivity contribution in [1.82, 2.24) is 5.32 Å². The Labute approximate surface area is 105 Å². The first-order valence-corrected chi connectivity index (χ1v) is 6.61. The molecule has 2 aromatic heterocycles. The minimum absolute atomic E-state index is 0.507. The van der Waals surface area contributed by atoms with E-state index in [1.165, 1.54) is 9.75 Å². The van der Waals surface area contributed by atoms with Gasteiger partial charge in [-0.25, -0.2) is 0 Å². The van der Waals surface area contributed by atoms with Gasteiger partial charge in [0.15, 0.2) is 0 Å². The highest BCUT2D eigenvalue weighted by molar-refractivity contribution is 7.11. The molecule has 0 aliphatic rings. The number of rotatable bonds is 6. The Morgan fingerprint density at radius 3 is 2.82 bits per heavy atom. The molecule has 17 heavy (non-hydrogen) atoms. The predicted molar refractivity (Wildman–Crippen MR) is 69.1 cm³/mol. The molecule has 2 rings (SSSR count). The second kappa shape index (κ2) is 6.00. The Balaban J connectivity index is 1.76. The van der Waals surface area contributed by atoms with Crippen molar-refractivity contribution in [2.45, 2.75) is 26.0 Å². The molecular formula is C13H17NO2S. The number of thiophene rings is 1. The van der Waals surface area contributed by atoms with Crippen molar-refractivity contribution >= 4 is 11.3 Å². The minimum atomic E-state index is -0.574. The van der Waals surface area contributed by atoms with Gasteiger partial charge in [-0.3, -0.25) is 0 Å². The molecule has 0 fully saturated rings. The third-order valence-electron chi connectivity index (χ3n) is 2.57. The number of hydrogen-bond donors (Lipinski definition) is 2. The Morgan fingerprint density at radius 2 is 2.18 bits per heavy atom. The maximum Gasteiger partial charge on any atom is 0.133 e. The third-order valence-corrected chi connectivity index (χ3v) is 3.80. The topological polar surface area (TPSA) is 45.4 Å². The lowest BCUT2D eigenvalue weighted by molar-refractivity contribution is 0.147. The van der Waals surface area contributed by atoms with Crippen LogP contribution in [0.4, 0.5) is 0 Å². The maximum atomic E-state index is 9.79. The van der Waals surface area contributed by atoms with Crippen molar-refractivity contribution in [3.05, 3.63) is 46.0 Å². The van der Waals surface area contributed by atoms with Gasteiger partial charge in [0.05, 0.1) is 6.26 Å². The summed E-state index contributed by atoms with van der Waals surface area (Å²) in [7, 11) is 0. The van der Waals surface area contributed by atoms with Crippen molar-refractivity contribution in [2.24, 2.45) is 0 Å². The highest BCUT2D eigenvalue weighted by Crippen LogP contribution is 2.17. The fourth-order valence-corrected chi connectivity index (χ4v) is 2.55. The van der Waals surface area contributed by atoms with Crippen LogP contribution in [-0.2, 0) is 13.0 Å². The molecule has 1 atom stereocenters. The number of aryl methyl sites for hydroxylation is 1. The van der Waals surface area contributed by atoms with E-state index in [2.05, 4.69) is 24.4 Å². The van der Waals surface area contributed by atoms with Gasteiger partial charge in [0.2, 0.25) is 0 Å². The fourth-order valence-electron chi connectivity index (χ4n) is 1.62. The minimum Gasteiger partial charge on any atom is -0.467 e.